The predicted octanol–water partition coefficient (Wildman–Crippen LogP) is 3.45. The van der Waals surface area contributed by atoms with Gasteiger partial charge in [-0.15, -0.1) is 11.3 Å². The van der Waals surface area contributed by atoms with Gasteiger partial charge in [-0.05, 0) is 18.9 Å². The van der Waals surface area contributed by atoms with E-state index in [9.17, 15) is 9.59 Å². The summed E-state index contributed by atoms with van der Waals surface area (Å²) in [7, 11) is 4.52. The molecule has 3 aromatic rings. The molecule has 1 N–H and O–H groups in total. The maximum absolute atomic E-state index is 12.9. The van der Waals surface area contributed by atoms with Gasteiger partial charge in [-0.1, -0.05) is 6.92 Å². The minimum atomic E-state index is -0.332. The van der Waals surface area contributed by atoms with Crippen molar-refractivity contribution in [2.24, 2.45) is 0 Å². The second-order valence-electron chi connectivity index (χ2n) is 6.35. The number of carbonyl (C=O) groups excluding carboxylic acids is 1. The summed E-state index contributed by atoms with van der Waals surface area (Å²) in [6, 6.07) is 3.29. The van der Waals surface area contributed by atoms with Crippen molar-refractivity contribution in [3.8, 4) is 17.2 Å². The molecule has 0 saturated carbocycles. The number of nitrogens with one attached hydrogen (secondary N) is 1. The SMILES string of the molecule is CCCn1cnc2sc(C(=O)Nc3cc(OC)c(OC)c(OC)c3)c(C)c2c1=O. The van der Waals surface area contributed by atoms with Crippen molar-refractivity contribution >= 4 is 33.1 Å². The topological polar surface area (TPSA) is 91.7 Å². The fourth-order valence-corrected chi connectivity index (χ4v) is 4.15. The van der Waals surface area contributed by atoms with Crippen LogP contribution in [-0.2, 0) is 6.54 Å². The van der Waals surface area contributed by atoms with Gasteiger partial charge >= 0.3 is 0 Å². The van der Waals surface area contributed by atoms with Gasteiger partial charge in [0.1, 0.15) is 4.83 Å². The number of benzene rings is 1. The zero-order valence-electron chi connectivity index (χ0n) is 17.0. The van der Waals surface area contributed by atoms with Crippen molar-refractivity contribution in [2.45, 2.75) is 26.8 Å². The Morgan fingerprint density at radius 2 is 1.83 bits per heavy atom. The third-order valence-corrected chi connectivity index (χ3v) is 5.71. The Kier molecular flexibility index (Phi) is 6.07. The molecule has 1 amide bonds. The third kappa shape index (κ3) is 3.77. The molecule has 2 heterocycles. The number of methoxy groups -OCH3 is 3. The van der Waals surface area contributed by atoms with Crippen molar-refractivity contribution in [1.29, 1.82) is 0 Å². The Hall–Kier alpha value is -3.07. The number of anilines is 1. The molecule has 0 aliphatic heterocycles. The van der Waals surface area contributed by atoms with Crippen LogP contribution in [0.15, 0.2) is 23.3 Å². The van der Waals surface area contributed by atoms with Crippen molar-refractivity contribution in [3.05, 3.63) is 39.3 Å². The molecule has 0 saturated heterocycles. The van der Waals surface area contributed by atoms with Crippen LogP contribution in [0.3, 0.4) is 0 Å². The number of aromatic nitrogens is 2. The monoisotopic (exact) mass is 417 g/mol. The van der Waals surface area contributed by atoms with Crippen LogP contribution < -0.4 is 25.1 Å². The lowest BCUT2D eigenvalue weighted by atomic mass is 10.2. The summed E-state index contributed by atoms with van der Waals surface area (Å²) in [5.74, 6) is 0.964. The molecule has 0 radical (unpaired) electrons. The highest BCUT2D eigenvalue weighted by Gasteiger charge is 2.21. The van der Waals surface area contributed by atoms with Crippen molar-refractivity contribution in [2.75, 3.05) is 26.6 Å². The van der Waals surface area contributed by atoms with Crippen LogP contribution in [0.4, 0.5) is 5.69 Å². The van der Waals surface area contributed by atoms with E-state index in [4.69, 9.17) is 14.2 Å². The first-order valence-electron chi connectivity index (χ1n) is 9.05. The van der Waals surface area contributed by atoms with Gasteiger partial charge in [0.25, 0.3) is 11.5 Å². The third-order valence-electron chi connectivity index (χ3n) is 4.51. The van der Waals surface area contributed by atoms with Gasteiger partial charge < -0.3 is 19.5 Å². The lowest BCUT2D eigenvalue weighted by Gasteiger charge is -2.14. The van der Waals surface area contributed by atoms with E-state index in [2.05, 4.69) is 10.3 Å². The molecule has 154 valence electrons. The number of fused-ring (bicyclic) bond motifs is 1. The van der Waals surface area contributed by atoms with Crippen LogP contribution in [0.2, 0.25) is 0 Å². The molecule has 0 unspecified atom stereocenters. The molecule has 0 aliphatic carbocycles. The number of nitrogens with zero attached hydrogens (tertiary/aromatic N) is 2. The minimum absolute atomic E-state index is 0.127. The second-order valence-corrected chi connectivity index (χ2v) is 7.35. The van der Waals surface area contributed by atoms with Crippen LogP contribution in [0.25, 0.3) is 10.2 Å². The quantitative estimate of drug-likeness (QED) is 0.633. The van der Waals surface area contributed by atoms with E-state index in [0.717, 1.165) is 6.42 Å². The van der Waals surface area contributed by atoms with Crippen LogP contribution >= 0.6 is 11.3 Å². The Labute approximate surface area is 172 Å². The number of thiophene rings is 1. The standard InChI is InChI=1S/C20H23N3O5S/c1-6-7-23-10-21-19-15(20(23)25)11(2)17(29-19)18(24)22-12-8-13(26-3)16(28-5)14(9-12)27-4/h8-10H,6-7H2,1-5H3,(H,22,24). The molecule has 0 fully saturated rings. The largest absolute Gasteiger partial charge is 0.493 e. The van der Waals surface area contributed by atoms with Gasteiger partial charge in [-0.2, -0.15) is 0 Å². The van der Waals surface area contributed by atoms with Gasteiger partial charge in [-0.25, -0.2) is 4.98 Å². The summed E-state index contributed by atoms with van der Waals surface area (Å²) in [5, 5.41) is 3.33. The molecule has 2 aromatic heterocycles. The lowest BCUT2D eigenvalue weighted by Crippen LogP contribution is -2.20. The zero-order chi connectivity index (χ0) is 21.1. The molecule has 8 nitrogen and oxygen atoms in total. The predicted molar refractivity (Wildman–Crippen MR) is 113 cm³/mol. The second kappa shape index (κ2) is 8.52. The molecular weight excluding hydrogens is 394 g/mol. The highest BCUT2D eigenvalue weighted by Crippen LogP contribution is 2.40. The van der Waals surface area contributed by atoms with Crippen LogP contribution in [-0.4, -0.2) is 36.8 Å². The fourth-order valence-electron chi connectivity index (χ4n) is 3.12. The molecule has 29 heavy (non-hydrogen) atoms. The first-order valence-corrected chi connectivity index (χ1v) is 9.86. The number of rotatable bonds is 7. The molecule has 0 spiro atoms. The average Bonchev–Trinajstić information content (AvgIpc) is 3.06. The van der Waals surface area contributed by atoms with Gasteiger partial charge in [0.15, 0.2) is 11.5 Å². The summed E-state index contributed by atoms with van der Waals surface area (Å²) >= 11 is 1.20. The minimum Gasteiger partial charge on any atom is -0.493 e. The number of carbonyl (C=O) groups is 1. The Morgan fingerprint density at radius 1 is 1.17 bits per heavy atom. The average molecular weight is 417 g/mol. The van der Waals surface area contributed by atoms with Crippen LogP contribution in [0.5, 0.6) is 17.2 Å². The highest BCUT2D eigenvalue weighted by molar-refractivity contribution is 7.20. The molecular formula is C20H23N3O5S. The molecule has 3 rings (SSSR count). The maximum atomic E-state index is 12.9. The van der Waals surface area contributed by atoms with E-state index in [0.29, 0.717) is 50.1 Å². The smallest absolute Gasteiger partial charge is 0.266 e. The number of hydrogen-bond donors (Lipinski definition) is 1. The van der Waals surface area contributed by atoms with Crippen molar-refractivity contribution < 1.29 is 19.0 Å². The maximum Gasteiger partial charge on any atom is 0.266 e. The van der Waals surface area contributed by atoms with Gasteiger partial charge in [0, 0.05) is 24.4 Å². The van der Waals surface area contributed by atoms with Gasteiger partial charge in [0.2, 0.25) is 5.75 Å². The first kappa shape index (κ1) is 20.7. The zero-order valence-corrected chi connectivity index (χ0v) is 17.8. The van der Waals surface area contributed by atoms with E-state index in [1.165, 1.54) is 39.0 Å². The number of ether oxygens (including phenoxy) is 3. The first-order chi connectivity index (χ1) is 13.9. The molecule has 0 bridgehead atoms. The van der Waals surface area contributed by atoms with Crippen LogP contribution in [0, 0.1) is 6.92 Å². The fraction of sp³-hybridized carbons (Fsp3) is 0.350. The summed E-state index contributed by atoms with van der Waals surface area (Å²) in [5.41, 5.74) is 0.980. The van der Waals surface area contributed by atoms with Crippen LogP contribution in [0.1, 0.15) is 28.6 Å². The summed E-state index contributed by atoms with van der Waals surface area (Å²) < 4.78 is 17.5. The Bertz CT molecular complexity index is 1090. The van der Waals surface area contributed by atoms with Crippen molar-refractivity contribution in [3.63, 3.8) is 0 Å². The van der Waals surface area contributed by atoms with E-state index in [-0.39, 0.29) is 11.5 Å². The van der Waals surface area contributed by atoms with Gasteiger partial charge in [0.05, 0.1) is 37.9 Å². The summed E-state index contributed by atoms with van der Waals surface area (Å²) in [4.78, 5) is 31.0. The number of aryl methyl sites for hydroxylation is 2. The number of hydrogen-bond acceptors (Lipinski definition) is 7. The Morgan fingerprint density at radius 3 is 2.38 bits per heavy atom. The molecule has 9 heteroatoms. The highest BCUT2D eigenvalue weighted by atomic mass is 32.1. The van der Waals surface area contributed by atoms with Gasteiger partial charge in [-0.3, -0.25) is 14.2 Å². The number of amides is 1. The Balaban J connectivity index is 2.00. The van der Waals surface area contributed by atoms with E-state index in [1.54, 1.807) is 23.6 Å². The van der Waals surface area contributed by atoms with E-state index < -0.39 is 0 Å². The molecule has 1 aromatic carbocycles. The summed E-state index contributed by atoms with van der Waals surface area (Å²) in [6.45, 7) is 4.35. The van der Waals surface area contributed by atoms with E-state index in [1.807, 2.05) is 6.92 Å². The molecule has 0 aliphatic rings. The van der Waals surface area contributed by atoms with Crippen molar-refractivity contribution in [1.82, 2.24) is 9.55 Å². The normalized spacial score (nSPS) is 10.8. The summed E-state index contributed by atoms with van der Waals surface area (Å²) in [6.07, 6.45) is 2.36. The van der Waals surface area contributed by atoms with E-state index >= 15 is 0 Å². The molecule has 0 atom stereocenters. The lowest BCUT2D eigenvalue weighted by molar-refractivity contribution is 0.103.